The Labute approximate surface area is 157 Å². The SMILES string of the molecule is C[CH2][Pb+2][CH2]C.O=C([O-])/N=N/C(=O)[O-].O=C([O-])/N=N\C(=O)[O-].[Pb+2]. The fourth-order valence-electron chi connectivity index (χ4n) is 0.413. The van der Waals surface area contributed by atoms with Gasteiger partial charge in [0.2, 0.25) is 0 Å². The predicted octanol–water partition coefficient (Wildman–Crippen LogP) is -2.56. The predicted molar refractivity (Wildman–Crippen MR) is 63.8 cm³/mol. The van der Waals surface area contributed by atoms with E-state index >= 15 is 0 Å². The van der Waals surface area contributed by atoms with Gasteiger partial charge in [-0.2, -0.15) is 0 Å². The molecule has 0 aromatic carbocycles. The average molecular weight is 705 g/mol. The maximum Gasteiger partial charge on any atom is 2.00 e. The Morgan fingerprint density at radius 3 is 0.909 bits per heavy atom. The van der Waals surface area contributed by atoms with Crippen LogP contribution < -0.4 is 20.4 Å². The normalized spacial score (nSPS) is 8.45. The van der Waals surface area contributed by atoms with E-state index in [1.165, 1.54) is 7.96 Å². The quantitative estimate of drug-likeness (QED) is 0.220. The van der Waals surface area contributed by atoms with E-state index in [0.717, 1.165) is 0 Å². The van der Waals surface area contributed by atoms with Crippen LogP contribution in [-0.4, -0.2) is 75.9 Å². The number of hydrogen-bond donors (Lipinski definition) is 0. The molecule has 0 aliphatic heterocycles. The molecule has 14 heteroatoms. The van der Waals surface area contributed by atoms with Crippen LogP contribution in [0.1, 0.15) is 13.8 Å². The van der Waals surface area contributed by atoms with Gasteiger partial charge in [-0.3, -0.25) is 0 Å². The van der Waals surface area contributed by atoms with E-state index in [0.29, 0.717) is 0 Å². The number of carbonyl (C=O) groups excluding carboxylic acids is 4. The van der Waals surface area contributed by atoms with E-state index in [1.54, 1.807) is 0 Å². The van der Waals surface area contributed by atoms with Crippen LogP contribution in [-0.2, 0) is 0 Å². The van der Waals surface area contributed by atoms with Gasteiger partial charge < -0.3 is 39.6 Å². The van der Waals surface area contributed by atoms with Crippen molar-refractivity contribution in [1.82, 2.24) is 0 Å². The number of amides is 4. The molecular formula is C8H10N4O8Pb2. The summed E-state index contributed by atoms with van der Waals surface area (Å²) in [6.45, 7) is 4.60. The molecule has 118 valence electrons. The molecule has 0 rings (SSSR count). The summed E-state index contributed by atoms with van der Waals surface area (Å²) in [5, 5.41) is 45.3. The first-order valence-corrected chi connectivity index (χ1v) is 10.5. The van der Waals surface area contributed by atoms with Crippen molar-refractivity contribution in [3.05, 3.63) is 0 Å². The van der Waals surface area contributed by atoms with Crippen molar-refractivity contribution < 1.29 is 39.6 Å². The van der Waals surface area contributed by atoms with Gasteiger partial charge in [-0.1, -0.05) is 0 Å². The van der Waals surface area contributed by atoms with Gasteiger partial charge in [0, 0.05) is 0 Å². The van der Waals surface area contributed by atoms with Crippen LogP contribution in [0.2, 0.25) is 7.96 Å². The fourth-order valence-corrected chi connectivity index (χ4v) is 2.36. The Morgan fingerprint density at radius 2 is 0.864 bits per heavy atom. The molecule has 0 fully saturated rings. The van der Waals surface area contributed by atoms with E-state index in [-0.39, 0.29) is 51.5 Å². The number of hydrogen-bond acceptors (Lipinski definition) is 8. The van der Waals surface area contributed by atoms with Gasteiger partial charge in [-0.25, -0.2) is 0 Å². The first-order chi connectivity index (χ1) is 9.67. The minimum absolute atomic E-state index is 0. The van der Waals surface area contributed by atoms with Crippen molar-refractivity contribution in [2.75, 3.05) is 0 Å². The van der Waals surface area contributed by atoms with Crippen LogP contribution in [0.5, 0.6) is 0 Å². The van der Waals surface area contributed by atoms with E-state index < -0.39 is 24.4 Å². The minimum atomic E-state index is -1.91. The van der Waals surface area contributed by atoms with Gasteiger partial charge >= 0.3 is 73.3 Å². The molecule has 0 saturated heterocycles. The van der Waals surface area contributed by atoms with Crippen LogP contribution in [0.25, 0.3) is 0 Å². The van der Waals surface area contributed by atoms with Crippen molar-refractivity contribution in [1.29, 1.82) is 0 Å². The number of nitrogens with zero attached hydrogens (tertiary/aromatic N) is 4. The molecule has 0 unspecified atom stereocenters. The van der Waals surface area contributed by atoms with Crippen LogP contribution in [0.3, 0.4) is 0 Å². The molecule has 12 nitrogen and oxygen atoms in total. The van der Waals surface area contributed by atoms with Crippen LogP contribution in [0.15, 0.2) is 20.5 Å². The monoisotopic (exact) mass is 706 g/mol. The molecule has 22 heavy (non-hydrogen) atoms. The van der Waals surface area contributed by atoms with Crippen molar-refractivity contribution >= 4 is 75.9 Å². The topological polar surface area (TPSA) is 210 Å². The van der Waals surface area contributed by atoms with E-state index in [4.69, 9.17) is 0 Å². The van der Waals surface area contributed by atoms with E-state index in [1.807, 2.05) is 0 Å². The van der Waals surface area contributed by atoms with Gasteiger partial charge in [-0.15, -0.1) is 20.5 Å². The summed E-state index contributed by atoms with van der Waals surface area (Å²) in [7, 11) is 0. The first kappa shape index (κ1) is 29.0. The molecule has 0 N–H and O–H groups in total. The fraction of sp³-hybridized carbons (Fsp3) is 0.500. The Morgan fingerprint density at radius 1 is 0.682 bits per heavy atom. The largest absolute Gasteiger partial charge is 2.00 e. The summed E-state index contributed by atoms with van der Waals surface area (Å²) in [6.07, 6.45) is -7.63. The van der Waals surface area contributed by atoms with Crippen LogP contribution in [0, 0.1) is 0 Å². The maximum atomic E-state index is 9.24. The van der Waals surface area contributed by atoms with Gasteiger partial charge in [0.05, 0.1) is 0 Å². The molecule has 2 radical (unpaired) electrons. The zero-order chi connectivity index (χ0) is 17.3. The Balaban J connectivity index is -0.000000111. The summed E-state index contributed by atoms with van der Waals surface area (Å²) in [4.78, 5) is 37.0. The Hall–Kier alpha value is -1.08. The zero-order valence-electron chi connectivity index (χ0n) is 11.5. The van der Waals surface area contributed by atoms with Gasteiger partial charge in [0.25, 0.3) is 0 Å². The number of rotatable bonds is 2. The van der Waals surface area contributed by atoms with Crippen molar-refractivity contribution in [2.45, 2.75) is 21.8 Å². The average Bonchev–Trinajstić information content (AvgIpc) is 2.36. The second-order valence-corrected chi connectivity index (χ2v) is 9.86. The smallest absolute Gasteiger partial charge is 0.527 e. The second kappa shape index (κ2) is 22.2. The van der Waals surface area contributed by atoms with Gasteiger partial charge in [-0.05, 0) is 0 Å². The van der Waals surface area contributed by atoms with Crippen molar-refractivity contribution in [3.8, 4) is 0 Å². The summed E-state index contributed by atoms with van der Waals surface area (Å²) in [5.74, 6) is 0. The summed E-state index contributed by atoms with van der Waals surface area (Å²) in [5.41, 5.74) is 0. The molecule has 0 aromatic heterocycles. The maximum absolute atomic E-state index is 9.24. The minimum Gasteiger partial charge on any atom is -0.527 e. The van der Waals surface area contributed by atoms with Gasteiger partial charge in [0.1, 0.15) is 0 Å². The number of azo groups is 2. The molecule has 0 bridgehead atoms. The molecule has 0 heterocycles. The molecule has 0 saturated carbocycles. The zero-order valence-corrected chi connectivity index (χ0v) is 19.2. The molecule has 0 spiro atoms. The van der Waals surface area contributed by atoms with Crippen LogP contribution in [0.4, 0.5) is 19.2 Å². The molecule has 0 aliphatic rings. The third-order valence-electron chi connectivity index (χ3n) is 0.927. The molecular weight excluding hydrogens is 695 g/mol. The molecule has 0 aliphatic carbocycles. The standard InChI is InChI=1S/2C2H2N2O4.2C2H5.2Pb/c2*5-1(6)3-4-2(7)8;2*1-2;;/h2*(H,5,6)(H,7,8);2*1H2,2H3;;/q;;;;2*+2/p-4/b4-3+;4-3-;;;;. The van der Waals surface area contributed by atoms with E-state index in [2.05, 4.69) is 34.3 Å². The number of carboxylic acid groups (broad SMARTS) is 4. The summed E-state index contributed by atoms with van der Waals surface area (Å²) < 4.78 is 3.08. The third-order valence-corrected chi connectivity index (χ3v) is 4.81. The van der Waals surface area contributed by atoms with Crippen molar-refractivity contribution in [2.24, 2.45) is 20.5 Å². The van der Waals surface area contributed by atoms with E-state index in [9.17, 15) is 39.6 Å². The van der Waals surface area contributed by atoms with Gasteiger partial charge in [0.15, 0.2) is 24.4 Å². The molecule has 0 atom stereocenters. The summed E-state index contributed by atoms with van der Waals surface area (Å²) in [6, 6.07) is 0. The first-order valence-electron chi connectivity index (χ1n) is 5.05. The number of carbonyl (C=O) groups is 4. The third kappa shape index (κ3) is 50.9. The van der Waals surface area contributed by atoms with Crippen molar-refractivity contribution in [3.63, 3.8) is 0 Å². The Kier molecular flexibility index (Phi) is 29.3. The summed E-state index contributed by atoms with van der Waals surface area (Å²) >= 11 is 0.0494. The Bertz CT molecular complexity index is 334. The second-order valence-electron chi connectivity index (χ2n) is 2.42. The van der Waals surface area contributed by atoms with Crippen LogP contribution >= 0.6 is 0 Å². The molecule has 0 aromatic rings. The molecule has 4 amide bonds.